The van der Waals surface area contributed by atoms with Crippen LogP contribution in [0.25, 0.3) is 0 Å². The maximum absolute atomic E-state index is 12.8. The van der Waals surface area contributed by atoms with Gasteiger partial charge in [0.2, 0.25) is 5.91 Å². The molecule has 0 fully saturated rings. The first-order valence-corrected chi connectivity index (χ1v) is 9.85. The van der Waals surface area contributed by atoms with Crippen LogP contribution in [-0.4, -0.2) is 19.1 Å². The molecule has 0 heterocycles. The zero-order chi connectivity index (χ0) is 18.1. The average molecular weight is 451 g/mol. The van der Waals surface area contributed by atoms with Crippen molar-refractivity contribution in [2.75, 3.05) is 5.32 Å². The second-order valence-electron chi connectivity index (χ2n) is 5.55. The quantitative estimate of drug-likeness (QED) is 0.716. The molecule has 2 aromatic rings. The Morgan fingerprint density at radius 2 is 1.67 bits per heavy atom. The van der Waals surface area contributed by atoms with Crippen LogP contribution in [0.3, 0.4) is 0 Å². The van der Waals surface area contributed by atoms with Gasteiger partial charge in [-0.1, -0.05) is 39.1 Å². The zero-order valence-electron chi connectivity index (χ0n) is 12.8. The van der Waals surface area contributed by atoms with Crippen LogP contribution in [0.2, 0.25) is 10.0 Å². The Bertz CT molecular complexity index is 881. The van der Waals surface area contributed by atoms with Gasteiger partial charge in [0, 0.05) is 9.50 Å². The van der Waals surface area contributed by atoms with Gasteiger partial charge in [0.25, 0.3) is 0 Å². The molecule has 24 heavy (non-hydrogen) atoms. The molecule has 0 aliphatic heterocycles. The second-order valence-corrected chi connectivity index (χ2v) is 9.80. The van der Waals surface area contributed by atoms with E-state index in [2.05, 4.69) is 21.2 Å². The first-order valence-electron chi connectivity index (χ1n) is 6.82. The molecule has 0 radical (unpaired) electrons. The molecule has 0 atom stereocenters. The number of halogens is 3. The van der Waals surface area contributed by atoms with Crippen molar-refractivity contribution in [2.45, 2.75) is 23.5 Å². The third-order valence-corrected chi connectivity index (χ3v) is 7.03. The summed E-state index contributed by atoms with van der Waals surface area (Å²) in [6, 6.07) is 10.7. The molecular weight excluding hydrogens is 437 g/mol. The van der Waals surface area contributed by atoms with E-state index in [1.165, 1.54) is 38.1 Å². The lowest BCUT2D eigenvalue weighted by atomic mass is 10.2. The molecule has 128 valence electrons. The van der Waals surface area contributed by atoms with E-state index >= 15 is 0 Å². The standard InChI is InChI=1S/C16H14BrCl2NO3S/c1-16(2,24(22,23)12-6-3-10(17)4-7-12)15(21)20-14-9-11(18)5-8-13(14)19/h3-9H,1-2H3,(H,20,21). The third kappa shape index (κ3) is 3.77. The molecule has 4 nitrogen and oxygen atoms in total. The third-order valence-electron chi connectivity index (χ3n) is 3.52. The Labute approximate surface area is 159 Å². The number of sulfone groups is 1. The van der Waals surface area contributed by atoms with Crippen LogP contribution in [0.1, 0.15) is 13.8 Å². The normalized spacial score (nSPS) is 12.0. The number of hydrogen-bond acceptors (Lipinski definition) is 3. The molecule has 0 aliphatic rings. The van der Waals surface area contributed by atoms with E-state index in [4.69, 9.17) is 23.2 Å². The van der Waals surface area contributed by atoms with Gasteiger partial charge in [-0.15, -0.1) is 0 Å². The van der Waals surface area contributed by atoms with Crippen molar-refractivity contribution in [2.24, 2.45) is 0 Å². The summed E-state index contributed by atoms with van der Waals surface area (Å²) in [7, 11) is -3.91. The summed E-state index contributed by atoms with van der Waals surface area (Å²) in [5, 5.41) is 3.18. The van der Waals surface area contributed by atoms with E-state index in [1.54, 1.807) is 18.2 Å². The molecule has 2 rings (SSSR count). The fourth-order valence-electron chi connectivity index (χ4n) is 1.90. The smallest absolute Gasteiger partial charge is 0.245 e. The van der Waals surface area contributed by atoms with Crippen LogP contribution in [0.15, 0.2) is 51.8 Å². The molecule has 0 saturated heterocycles. The van der Waals surface area contributed by atoms with E-state index in [-0.39, 0.29) is 15.6 Å². The first-order chi connectivity index (χ1) is 11.1. The Morgan fingerprint density at radius 1 is 1.08 bits per heavy atom. The lowest BCUT2D eigenvalue weighted by molar-refractivity contribution is -0.117. The molecule has 1 amide bonds. The number of rotatable bonds is 4. The fourth-order valence-corrected chi connectivity index (χ4v) is 3.88. The van der Waals surface area contributed by atoms with Crippen molar-refractivity contribution in [1.82, 2.24) is 0 Å². The van der Waals surface area contributed by atoms with Crippen molar-refractivity contribution < 1.29 is 13.2 Å². The van der Waals surface area contributed by atoms with Crippen LogP contribution in [-0.2, 0) is 14.6 Å². The van der Waals surface area contributed by atoms with E-state index < -0.39 is 20.5 Å². The lowest BCUT2D eigenvalue weighted by Gasteiger charge is -2.24. The van der Waals surface area contributed by atoms with Gasteiger partial charge in [-0.2, -0.15) is 0 Å². The van der Waals surface area contributed by atoms with Gasteiger partial charge in [0.05, 0.1) is 15.6 Å². The molecule has 2 aromatic carbocycles. The largest absolute Gasteiger partial charge is 0.323 e. The molecule has 0 unspecified atom stereocenters. The summed E-state index contributed by atoms with van der Waals surface area (Å²) in [6.45, 7) is 2.69. The number of benzene rings is 2. The topological polar surface area (TPSA) is 63.2 Å². The predicted octanol–water partition coefficient (Wildman–Crippen LogP) is 4.95. The van der Waals surface area contributed by atoms with Gasteiger partial charge in [-0.3, -0.25) is 4.79 Å². The number of anilines is 1. The maximum atomic E-state index is 12.8. The summed E-state index contributed by atoms with van der Waals surface area (Å²) in [4.78, 5) is 12.6. The second kappa shape index (κ2) is 7.04. The Kier molecular flexibility index (Phi) is 5.64. The van der Waals surface area contributed by atoms with Crippen LogP contribution < -0.4 is 5.32 Å². The first kappa shape index (κ1) is 19.2. The molecule has 0 spiro atoms. The minimum Gasteiger partial charge on any atom is -0.323 e. The molecule has 0 bridgehead atoms. The molecule has 8 heteroatoms. The van der Waals surface area contributed by atoms with Crippen molar-refractivity contribution in [3.63, 3.8) is 0 Å². The fraction of sp³-hybridized carbons (Fsp3) is 0.188. The highest BCUT2D eigenvalue weighted by Gasteiger charge is 2.43. The van der Waals surface area contributed by atoms with Gasteiger partial charge in [0.15, 0.2) is 9.84 Å². The number of nitrogens with one attached hydrogen (secondary N) is 1. The van der Waals surface area contributed by atoms with Crippen molar-refractivity contribution >= 4 is 60.6 Å². The molecule has 0 saturated carbocycles. The van der Waals surface area contributed by atoms with Crippen molar-refractivity contribution in [3.05, 3.63) is 57.0 Å². The number of amides is 1. The molecule has 0 aliphatic carbocycles. The SMILES string of the molecule is CC(C)(C(=O)Nc1cc(Cl)ccc1Cl)S(=O)(=O)c1ccc(Br)cc1. The Hall–Kier alpha value is -1.08. The highest BCUT2D eigenvalue weighted by Crippen LogP contribution is 2.30. The van der Waals surface area contributed by atoms with E-state index in [9.17, 15) is 13.2 Å². The predicted molar refractivity (Wildman–Crippen MR) is 100 cm³/mol. The summed E-state index contributed by atoms with van der Waals surface area (Å²) in [5.41, 5.74) is 0.258. The molecular formula is C16H14BrCl2NO3S. The van der Waals surface area contributed by atoms with Gasteiger partial charge in [0.1, 0.15) is 4.75 Å². The van der Waals surface area contributed by atoms with Crippen molar-refractivity contribution in [3.8, 4) is 0 Å². The summed E-state index contributed by atoms with van der Waals surface area (Å²) in [5.74, 6) is -0.699. The average Bonchev–Trinajstić information content (AvgIpc) is 2.51. The monoisotopic (exact) mass is 449 g/mol. The van der Waals surface area contributed by atoms with Crippen LogP contribution in [0.5, 0.6) is 0 Å². The lowest BCUT2D eigenvalue weighted by Crippen LogP contribution is -2.44. The van der Waals surface area contributed by atoms with Gasteiger partial charge >= 0.3 is 0 Å². The van der Waals surface area contributed by atoms with Crippen LogP contribution in [0, 0.1) is 0 Å². The van der Waals surface area contributed by atoms with E-state index in [0.29, 0.717) is 5.02 Å². The van der Waals surface area contributed by atoms with Gasteiger partial charge in [-0.05, 0) is 56.3 Å². The number of carbonyl (C=O) groups excluding carboxylic acids is 1. The highest BCUT2D eigenvalue weighted by molar-refractivity contribution is 9.10. The maximum Gasteiger partial charge on any atom is 0.245 e. The Morgan fingerprint density at radius 3 is 2.25 bits per heavy atom. The summed E-state index contributed by atoms with van der Waals surface area (Å²) in [6.07, 6.45) is 0. The van der Waals surface area contributed by atoms with E-state index in [0.717, 1.165) is 4.47 Å². The summed E-state index contributed by atoms with van der Waals surface area (Å²) >= 11 is 15.1. The highest BCUT2D eigenvalue weighted by atomic mass is 79.9. The minimum atomic E-state index is -3.91. The molecule has 1 N–H and O–H groups in total. The van der Waals surface area contributed by atoms with Gasteiger partial charge in [-0.25, -0.2) is 8.42 Å². The number of hydrogen-bond donors (Lipinski definition) is 1. The number of carbonyl (C=O) groups is 1. The Balaban J connectivity index is 2.36. The zero-order valence-corrected chi connectivity index (χ0v) is 16.7. The van der Waals surface area contributed by atoms with Gasteiger partial charge < -0.3 is 5.32 Å². The van der Waals surface area contributed by atoms with Crippen LogP contribution >= 0.6 is 39.1 Å². The van der Waals surface area contributed by atoms with Crippen molar-refractivity contribution in [1.29, 1.82) is 0 Å². The minimum absolute atomic E-state index is 0.0584. The van der Waals surface area contributed by atoms with Crippen LogP contribution in [0.4, 0.5) is 5.69 Å². The summed E-state index contributed by atoms with van der Waals surface area (Å²) < 4.78 is 24.7. The molecule has 0 aromatic heterocycles. The van der Waals surface area contributed by atoms with E-state index in [1.807, 2.05) is 0 Å².